The summed E-state index contributed by atoms with van der Waals surface area (Å²) in [4.78, 5) is 26.8. The third-order valence-corrected chi connectivity index (χ3v) is 9.67. The van der Waals surface area contributed by atoms with Crippen LogP contribution in [-0.2, 0) is 23.1 Å². The highest BCUT2D eigenvalue weighted by Gasteiger charge is 2.49. The van der Waals surface area contributed by atoms with Gasteiger partial charge in [0.2, 0.25) is 0 Å². The number of carbonyl (C=O) groups is 1. The van der Waals surface area contributed by atoms with E-state index in [0.29, 0.717) is 25.0 Å². The summed E-state index contributed by atoms with van der Waals surface area (Å²) < 4.78 is 5.72. The minimum atomic E-state index is -0.500. The topological polar surface area (TPSA) is 70.6 Å². The molecular weight excluding hydrogens is 510 g/mol. The van der Waals surface area contributed by atoms with Gasteiger partial charge in [-0.25, -0.2) is 14.8 Å². The summed E-state index contributed by atoms with van der Waals surface area (Å²) >= 11 is 6.99. The normalized spacial score (nSPS) is 22.4. The molecule has 2 fully saturated rings. The van der Waals surface area contributed by atoms with Crippen LogP contribution in [0, 0.1) is 0 Å². The van der Waals surface area contributed by atoms with Crippen molar-refractivity contribution in [3.8, 4) is 0 Å². The lowest BCUT2D eigenvalue weighted by molar-refractivity contribution is 0.0170. The van der Waals surface area contributed by atoms with Crippen molar-refractivity contribution in [2.75, 3.05) is 24.5 Å². The summed E-state index contributed by atoms with van der Waals surface area (Å²) in [5.74, 6) is 1.50. The lowest BCUT2D eigenvalue weighted by Gasteiger charge is -2.41. The van der Waals surface area contributed by atoms with Gasteiger partial charge in [0.1, 0.15) is 17.7 Å². The summed E-state index contributed by atoms with van der Waals surface area (Å²) in [5, 5.41) is 4.66. The lowest BCUT2D eigenvalue weighted by Crippen LogP contribution is -2.48. The van der Waals surface area contributed by atoms with Crippen LogP contribution in [-0.4, -0.2) is 52.2 Å². The van der Waals surface area contributed by atoms with Crippen LogP contribution in [0.2, 0.25) is 5.02 Å². The van der Waals surface area contributed by atoms with Crippen molar-refractivity contribution in [1.29, 1.82) is 0 Å². The van der Waals surface area contributed by atoms with Crippen LogP contribution >= 0.6 is 11.6 Å². The number of carbonyl (C=O) groups excluding carboxylic acids is 1. The Kier molecular flexibility index (Phi) is 7.03. The van der Waals surface area contributed by atoms with Gasteiger partial charge in [-0.2, -0.15) is 0 Å². The van der Waals surface area contributed by atoms with Crippen LogP contribution in [0.1, 0.15) is 101 Å². The van der Waals surface area contributed by atoms with E-state index >= 15 is 0 Å². The minimum absolute atomic E-state index is 0.106. The second-order valence-corrected chi connectivity index (χ2v) is 13.5. The first-order valence-electron chi connectivity index (χ1n) is 14.8. The van der Waals surface area contributed by atoms with Crippen LogP contribution in [0.25, 0.3) is 0 Å². The molecule has 210 valence electrons. The number of ether oxygens (including phenoxy) is 1. The molecule has 0 radical (unpaired) electrons. The van der Waals surface area contributed by atoms with Gasteiger partial charge in [-0.1, -0.05) is 31.4 Å². The van der Waals surface area contributed by atoms with Crippen molar-refractivity contribution >= 4 is 29.2 Å². The molecular formula is C31H42ClN5O2. The minimum Gasteiger partial charge on any atom is -0.444 e. The largest absolute Gasteiger partial charge is 0.444 e. The maximum absolute atomic E-state index is 12.9. The number of piperidine rings is 1. The molecule has 1 saturated carbocycles. The van der Waals surface area contributed by atoms with E-state index in [9.17, 15) is 4.79 Å². The Labute approximate surface area is 237 Å². The molecule has 3 heterocycles. The number of hydrogen-bond donors (Lipinski definition) is 1. The zero-order valence-corrected chi connectivity index (χ0v) is 24.6. The summed E-state index contributed by atoms with van der Waals surface area (Å²) in [6.45, 7) is 11.0. The van der Waals surface area contributed by atoms with Crippen LogP contribution < -0.4 is 10.2 Å². The fourth-order valence-corrected chi connectivity index (χ4v) is 7.55. The van der Waals surface area contributed by atoms with Crippen molar-refractivity contribution in [2.45, 2.75) is 109 Å². The van der Waals surface area contributed by atoms with E-state index in [2.05, 4.69) is 34.3 Å². The molecule has 2 aromatic rings. The summed E-state index contributed by atoms with van der Waals surface area (Å²) in [7, 11) is 0. The molecule has 1 saturated heterocycles. The van der Waals surface area contributed by atoms with Gasteiger partial charge in [0.15, 0.2) is 0 Å². The fourth-order valence-electron chi connectivity index (χ4n) is 7.32. The fraction of sp³-hybridized carbons (Fsp3) is 0.645. The SMILES string of the molecule is C[C@@H]1CCc2ncnc(N3CC4(CCN(C(=O)OC(C)(C)C)CC4)c4c3ccc(Cl)c4CNC3CCCC3)c21. The predicted molar refractivity (Wildman–Crippen MR) is 155 cm³/mol. The van der Waals surface area contributed by atoms with E-state index in [-0.39, 0.29) is 11.5 Å². The lowest BCUT2D eigenvalue weighted by atomic mass is 9.72. The van der Waals surface area contributed by atoms with Crippen LogP contribution in [0.4, 0.5) is 16.3 Å². The molecule has 7 nitrogen and oxygen atoms in total. The first-order valence-corrected chi connectivity index (χ1v) is 15.2. The number of rotatable bonds is 4. The van der Waals surface area contributed by atoms with Gasteiger partial charge in [-0.15, -0.1) is 0 Å². The average molecular weight is 552 g/mol. The van der Waals surface area contributed by atoms with Gasteiger partial charge in [-0.05, 0) is 88.5 Å². The van der Waals surface area contributed by atoms with E-state index < -0.39 is 5.60 Å². The van der Waals surface area contributed by atoms with Crippen molar-refractivity contribution in [3.05, 3.63) is 45.9 Å². The van der Waals surface area contributed by atoms with Gasteiger partial charge < -0.3 is 19.9 Å². The van der Waals surface area contributed by atoms with Crippen LogP contribution in [0.5, 0.6) is 0 Å². The Bertz CT molecular complexity index is 1240. The zero-order valence-electron chi connectivity index (χ0n) is 23.9. The molecule has 4 aliphatic rings. The highest BCUT2D eigenvalue weighted by Crippen LogP contribution is 2.53. The third kappa shape index (κ3) is 5.01. The Balaban J connectivity index is 1.37. The molecule has 2 aliphatic heterocycles. The number of nitrogens with zero attached hydrogens (tertiary/aromatic N) is 4. The van der Waals surface area contributed by atoms with Crippen molar-refractivity contribution in [3.63, 3.8) is 0 Å². The number of aryl methyl sites for hydroxylation is 1. The first kappa shape index (κ1) is 26.8. The van der Waals surface area contributed by atoms with Crippen molar-refractivity contribution in [1.82, 2.24) is 20.2 Å². The summed E-state index contributed by atoms with van der Waals surface area (Å²) in [6, 6.07) is 4.82. The van der Waals surface area contributed by atoms with Gasteiger partial charge in [0, 0.05) is 59.6 Å². The maximum atomic E-state index is 12.9. The standard InChI is InChI=1S/C31H42ClN5O2/c1-20-9-11-24-26(20)28(35-19-34-24)37-18-31(13-15-36(16-14-31)29(38)39-30(2,3)4)27-22(23(32)10-12-25(27)37)17-33-21-7-5-6-8-21/h10,12,19-21,33H,5-9,11,13-18H2,1-4H3/t20-/m1/s1. The Morgan fingerprint density at radius 2 is 1.90 bits per heavy atom. The molecule has 8 heteroatoms. The summed E-state index contributed by atoms with van der Waals surface area (Å²) in [6.07, 6.45) is 10.5. The quantitative estimate of drug-likeness (QED) is 0.460. The molecule has 0 unspecified atom stereocenters. The molecule has 1 atom stereocenters. The number of likely N-dealkylation sites (tertiary alicyclic amines) is 1. The Morgan fingerprint density at radius 3 is 2.62 bits per heavy atom. The van der Waals surface area contributed by atoms with Crippen LogP contribution in [0.15, 0.2) is 18.5 Å². The Hall–Kier alpha value is -2.38. The molecule has 2 aliphatic carbocycles. The predicted octanol–water partition coefficient (Wildman–Crippen LogP) is 6.63. The number of fused-ring (bicyclic) bond motifs is 3. The van der Waals surface area contributed by atoms with Crippen molar-refractivity contribution in [2.24, 2.45) is 0 Å². The highest BCUT2D eigenvalue weighted by molar-refractivity contribution is 6.31. The number of benzene rings is 1. The number of nitrogens with one attached hydrogen (secondary N) is 1. The van der Waals surface area contributed by atoms with Gasteiger partial charge in [-0.3, -0.25) is 0 Å². The molecule has 1 amide bonds. The third-order valence-electron chi connectivity index (χ3n) is 9.32. The van der Waals surface area contributed by atoms with E-state index in [1.54, 1.807) is 6.33 Å². The van der Waals surface area contributed by atoms with Gasteiger partial charge in [0.05, 0.1) is 0 Å². The molecule has 1 spiro atoms. The molecule has 39 heavy (non-hydrogen) atoms. The van der Waals surface area contributed by atoms with E-state index in [1.807, 2.05) is 25.7 Å². The van der Waals surface area contributed by atoms with Gasteiger partial charge in [0.25, 0.3) is 0 Å². The number of anilines is 2. The monoisotopic (exact) mass is 551 g/mol. The highest BCUT2D eigenvalue weighted by atomic mass is 35.5. The van der Waals surface area contributed by atoms with Crippen LogP contribution in [0.3, 0.4) is 0 Å². The number of amides is 1. The smallest absolute Gasteiger partial charge is 0.410 e. The van der Waals surface area contributed by atoms with E-state index in [4.69, 9.17) is 21.3 Å². The van der Waals surface area contributed by atoms with E-state index in [1.165, 1.54) is 53.8 Å². The second kappa shape index (κ2) is 10.2. The molecule has 6 rings (SSSR count). The zero-order chi connectivity index (χ0) is 27.4. The molecule has 0 bridgehead atoms. The summed E-state index contributed by atoms with van der Waals surface area (Å²) in [5.41, 5.74) is 5.66. The molecule has 1 N–H and O–H groups in total. The maximum Gasteiger partial charge on any atom is 0.410 e. The number of aromatic nitrogens is 2. The second-order valence-electron chi connectivity index (χ2n) is 13.1. The number of hydrogen-bond acceptors (Lipinski definition) is 6. The molecule has 1 aromatic heterocycles. The average Bonchev–Trinajstić information content (AvgIpc) is 3.62. The Morgan fingerprint density at radius 1 is 1.15 bits per heavy atom. The van der Waals surface area contributed by atoms with E-state index in [0.717, 1.165) is 49.6 Å². The molecule has 1 aromatic carbocycles. The van der Waals surface area contributed by atoms with Crippen molar-refractivity contribution < 1.29 is 9.53 Å². The number of halogens is 1. The first-order chi connectivity index (χ1) is 18.7. The van der Waals surface area contributed by atoms with Gasteiger partial charge >= 0.3 is 6.09 Å².